The van der Waals surface area contributed by atoms with Crippen molar-refractivity contribution in [1.82, 2.24) is 5.32 Å². The summed E-state index contributed by atoms with van der Waals surface area (Å²) < 4.78 is 10.7. The van der Waals surface area contributed by atoms with Crippen LogP contribution in [0.3, 0.4) is 0 Å². The normalized spacial score (nSPS) is 10.2. The van der Waals surface area contributed by atoms with E-state index >= 15 is 0 Å². The summed E-state index contributed by atoms with van der Waals surface area (Å²) in [7, 11) is 1.70. The zero-order valence-electron chi connectivity index (χ0n) is 12.9. The van der Waals surface area contributed by atoms with Crippen LogP contribution in [0.25, 0.3) is 0 Å². The van der Waals surface area contributed by atoms with Crippen LogP contribution in [0.15, 0.2) is 42.5 Å². The van der Waals surface area contributed by atoms with Gasteiger partial charge in [0.05, 0.1) is 6.61 Å². The first kappa shape index (κ1) is 20.1. The molecule has 0 unspecified atom stereocenters. The Morgan fingerprint density at radius 3 is 2.43 bits per heavy atom. The summed E-state index contributed by atoms with van der Waals surface area (Å²) in [5.74, 6) is 0.812. The number of hydrogen-bond donors (Lipinski definition) is 1. The zero-order valence-corrected chi connectivity index (χ0v) is 15.2. The third-order valence-electron chi connectivity index (χ3n) is 3.14. The average Bonchev–Trinajstić information content (AvgIpc) is 2.52. The van der Waals surface area contributed by atoms with E-state index in [4.69, 9.17) is 32.7 Å². The van der Waals surface area contributed by atoms with Crippen molar-refractivity contribution in [2.24, 2.45) is 0 Å². The molecule has 0 aromatic heterocycles. The molecule has 0 radical (unpaired) electrons. The SMILES string of the molecule is COCCNCc1ccc(OCc2ccc(Cl)cc2Cl)cc1.Cl. The van der Waals surface area contributed by atoms with Gasteiger partial charge >= 0.3 is 0 Å². The summed E-state index contributed by atoms with van der Waals surface area (Å²) in [6, 6.07) is 13.4. The van der Waals surface area contributed by atoms with Gasteiger partial charge < -0.3 is 14.8 Å². The molecule has 0 aliphatic carbocycles. The predicted molar refractivity (Wildman–Crippen MR) is 98.1 cm³/mol. The van der Waals surface area contributed by atoms with Crippen LogP contribution < -0.4 is 10.1 Å². The van der Waals surface area contributed by atoms with Crippen molar-refractivity contribution in [3.8, 4) is 5.75 Å². The molecule has 2 aromatic rings. The molecule has 0 saturated carbocycles. The summed E-state index contributed by atoms with van der Waals surface area (Å²) in [6.45, 7) is 2.78. The highest BCUT2D eigenvalue weighted by atomic mass is 35.5. The lowest BCUT2D eigenvalue weighted by atomic mass is 10.2. The maximum Gasteiger partial charge on any atom is 0.119 e. The monoisotopic (exact) mass is 375 g/mol. The maximum atomic E-state index is 6.12. The Labute approximate surface area is 153 Å². The van der Waals surface area contributed by atoms with E-state index in [1.165, 1.54) is 5.56 Å². The summed E-state index contributed by atoms with van der Waals surface area (Å²) in [5.41, 5.74) is 2.12. The highest BCUT2D eigenvalue weighted by Gasteiger charge is 2.03. The molecule has 2 rings (SSSR count). The molecule has 0 atom stereocenters. The van der Waals surface area contributed by atoms with Gasteiger partial charge in [-0.1, -0.05) is 41.4 Å². The largest absolute Gasteiger partial charge is 0.489 e. The van der Waals surface area contributed by atoms with Gasteiger partial charge in [-0.3, -0.25) is 0 Å². The second-order valence-corrected chi connectivity index (χ2v) is 5.68. The standard InChI is InChI=1S/C17H19Cl2NO2.ClH/c1-21-9-8-20-11-13-2-6-16(7-3-13)22-12-14-4-5-15(18)10-17(14)19;/h2-7,10,20H,8-9,11-12H2,1H3;1H. The lowest BCUT2D eigenvalue weighted by Gasteiger charge is -2.09. The van der Waals surface area contributed by atoms with Crippen molar-refractivity contribution in [2.75, 3.05) is 20.3 Å². The van der Waals surface area contributed by atoms with E-state index < -0.39 is 0 Å². The van der Waals surface area contributed by atoms with Crippen LogP contribution in [0, 0.1) is 0 Å². The first-order valence-electron chi connectivity index (χ1n) is 7.04. The van der Waals surface area contributed by atoms with E-state index in [-0.39, 0.29) is 12.4 Å². The number of methoxy groups -OCH3 is 1. The molecule has 0 bridgehead atoms. The fourth-order valence-electron chi connectivity index (χ4n) is 1.91. The average molecular weight is 377 g/mol. The van der Waals surface area contributed by atoms with Crippen LogP contribution in [0.1, 0.15) is 11.1 Å². The van der Waals surface area contributed by atoms with Crippen LogP contribution in [-0.4, -0.2) is 20.3 Å². The number of ether oxygens (including phenoxy) is 2. The van der Waals surface area contributed by atoms with Gasteiger partial charge in [0.2, 0.25) is 0 Å². The molecule has 0 spiro atoms. The quantitative estimate of drug-likeness (QED) is 0.676. The topological polar surface area (TPSA) is 30.5 Å². The lowest BCUT2D eigenvalue weighted by Crippen LogP contribution is -2.18. The maximum absolute atomic E-state index is 6.12. The van der Waals surface area contributed by atoms with Crippen molar-refractivity contribution in [2.45, 2.75) is 13.2 Å². The van der Waals surface area contributed by atoms with Crippen molar-refractivity contribution >= 4 is 35.6 Å². The van der Waals surface area contributed by atoms with Crippen LogP contribution >= 0.6 is 35.6 Å². The van der Waals surface area contributed by atoms with Crippen LogP contribution in [-0.2, 0) is 17.9 Å². The molecule has 23 heavy (non-hydrogen) atoms. The number of nitrogens with one attached hydrogen (secondary N) is 1. The smallest absolute Gasteiger partial charge is 0.119 e. The molecule has 0 aliphatic rings. The number of halogens is 3. The molecule has 126 valence electrons. The minimum Gasteiger partial charge on any atom is -0.489 e. The highest BCUT2D eigenvalue weighted by Crippen LogP contribution is 2.22. The Kier molecular flexibility index (Phi) is 9.37. The van der Waals surface area contributed by atoms with Crippen molar-refractivity contribution in [3.63, 3.8) is 0 Å². The van der Waals surface area contributed by atoms with Crippen molar-refractivity contribution < 1.29 is 9.47 Å². The third kappa shape index (κ3) is 6.98. The second kappa shape index (κ2) is 10.7. The Morgan fingerprint density at radius 2 is 1.78 bits per heavy atom. The summed E-state index contributed by atoms with van der Waals surface area (Å²) in [6.07, 6.45) is 0. The molecular weight excluding hydrogens is 357 g/mol. The molecule has 3 nitrogen and oxygen atoms in total. The zero-order chi connectivity index (χ0) is 15.8. The van der Waals surface area contributed by atoms with Gasteiger partial charge in [-0.2, -0.15) is 0 Å². The third-order valence-corrected chi connectivity index (χ3v) is 3.73. The molecular formula is C17H20Cl3NO2. The molecule has 0 heterocycles. The molecule has 0 aliphatic heterocycles. The molecule has 6 heteroatoms. The number of rotatable bonds is 8. The molecule has 0 fully saturated rings. The van der Waals surface area contributed by atoms with E-state index in [1.807, 2.05) is 30.3 Å². The molecule has 0 amide bonds. The minimum absolute atomic E-state index is 0. The van der Waals surface area contributed by atoms with Crippen LogP contribution in [0.4, 0.5) is 0 Å². The van der Waals surface area contributed by atoms with E-state index in [0.29, 0.717) is 23.3 Å². The van der Waals surface area contributed by atoms with Gasteiger partial charge in [0.15, 0.2) is 0 Å². The predicted octanol–water partition coefficient (Wildman–Crippen LogP) is 4.73. The summed E-state index contributed by atoms with van der Waals surface area (Å²) >= 11 is 12.0. The van der Waals surface area contributed by atoms with E-state index in [2.05, 4.69) is 5.32 Å². The van der Waals surface area contributed by atoms with Gasteiger partial charge in [-0.15, -0.1) is 12.4 Å². The van der Waals surface area contributed by atoms with Crippen LogP contribution in [0.5, 0.6) is 5.75 Å². The number of hydrogen-bond acceptors (Lipinski definition) is 3. The Morgan fingerprint density at radius 1 is 1.04 bits per heavy atom. The lowest BCUT2D eigenvalue weighted by molar-refractivity contribution is 0.199. The van der Waals surface area contributed by atoms with Gasteiger partial charge in [0.25, 0.3) is 0 Å². The highest BCUT2D eigenvalue weighted by molar-refractivity contribution is 6.35. The Hall–Kier alpha value is -0.970. The molecule has 2 aromatic carbocycles. The van der Waals surface area contributed by atoms with E-state index in [9.17, 15) is 0 Å². The van der Waals surface area contributed by atoms with Gasteiger partial charge in [0, 0.05) is 35.8 Å². The van der Waals surface area contributed by atoms with Crippen LogP contribution in [0.2, 0.25) is 10.0 Å². The minimum atomic E-state index is 0. The van der Waals surface area contributed by atoms with Gasteiger partial charge in [-0.05, 0) is 29.8 Å². The summed E-state index contributed by atoms with van der Waals surface area (Å²) in [5, 5.41) is 4.54. The van der Waals surface area contributed by atoms with Gasteiger partial charge in [0.1, 0.15) is 12.4 Å². The van der Waals surface area contributed by atoms with E-state index in [0.717, 1.165) is 24.4 Å². The first-order chi connectivity index (χ1) is 10.7. The number of benzene rings is 2. The van der Waals surface area contributed by atoms with Gasteiger partial charge in [-0.25, -0.2) is 0 Å². The first-order valence-corrected chi connectivity index (χ1v) is 7.80. The fourth-order valence-corrected chi connectivity index (χ4v) is 2.37. The molecule has 1 N–H and O–H groups in total. The Balaban J connectivity index is 0.00000264. The molecule has 0 saturated heterocycles. The fraction of sp³-hybridized carbons (Fsp3) is 0.294. The second-order valence-electron chi connectivity index (χ2n) is 4.84. The Bertz CT molecular complexity index is 591. The van der Waals surface area contributed by atoms with Crippen molar-refractivity contribution in [3.05, 3.63) is 63.6 Å². The van der Waals surface area contributed by atoms with E-state index in [1.54, 1.807) is 19.2 Å². The summed E-state index contributed by atoms with van der Waals surface area (Å²) in [4.78, 5) is 0. The van der Waals surface area contributed by atoms with Crippen molar-refractivity contribution in [1.29, 1.82) is 0 Å².